The fourth-order valence-corrected chi connectivity index (χ4v) is 0.992. The Morgan fingerprint density at radius 2 is 2.09 bits per heavy atom. The molecule has 0 aliphatic rings. The van der Waals surface area contributed by atoms with Gasteiger partial charge in [0.1, 0.15) is 0 Å². The van der Waals surface area contributed by atoms with Gasteiger partial charge in [-0.1, -0.05) is 0 Å². The van der Waals surface area contributed by atoms with Crippen LogP contribution in [0, 0.1) is 0 Å². The molecule has 0 aliphatic carbocycles. The molecule has 0 aromatic rings. The fraction of sp³-hybridized carbons (Fsp3) is 1.00. The SMILES string of the molecule is CC(O)CN(CCN)CCO. The van der Waals surface area contributed by atoms with E-state index in [0.717, 1.165) is 6.54 Å². The van der Waals surface area contributed by atoms with Crippen LogP contribution in [0.3, 0.4) is 0 Å². The Kier molecular flexibility index (Phi) is 6.45. The van der Waals surface area contributed by atoms with Gasteiger partial charge in [-0.3, -0.25) is 4.90 Å². The maximum atomic E-state index is 9.01. The van der Waals surface area contributed by atoms with Crippen molar-refractivity contribution in [2.75, 3.05) is 32.8 Å². The van der Waals surface area contributed by atoms with E-state index in [1.165, 1.54) is 0 Å². The van der Waals surface area contributed by atoms with Gasteiger partial charge in [0.15, 0.2) is 0 Å². The monoisotopic (exact) mass is 162 g/mol. The highest BCUT2D eigenvalue weighted by atomic mass is 16.3. The molecule has 4 N–H and O–H groups in total. The van der Waals surface area contributed by atoms with Gasteiger partial charge in [-0.2, -0.15) is 0 Å². The molecule has 0 aromatic heterocycles. The van der Waals surface area contributed by atoms with Crippen LogP contribution in [0.2, 0.25) is 0 Å². The third-order valence-electron chi connectivity index (χ3n) is 1.38. The normalized spacial score (nSPS) is 13.9. The molecule has 0 saturated heterocycles. The molecule has 0 heterocycles. The Morgan fingerprint density at radius 3 is 2.45 bits per heavy atom. The van der Waals surface area contributed by atoms with Crippen molar-refractivity contribution in [3.63, 3.8) is 0 Å². The minimum Gasteiger partial charge on any atom is -0.395 e. The summed E-state index contributed by atoms with van der Waals surface area (Å²) in [5.41, 5.74) is 5.33. The zero-order valence-corrected chi connectivity index (χ0v) is 7.03. The van der Waals surface area contributed by atoms with E-state index in [9.17, 15) is 0 Å². The molecule has 0 aromatic carbocycles. The Balaban J connectivity index is 3.50. The molecule has 0 amide bonds. The van der Waals surface area contributed by atoms with Gasteiger partial charge in [-0.25, -0.2) is 0 Å². The van der Waals surface area contributed by atoms with Gasteiger partial charge in [0.25, 0.3) is 0 Å². The summed E-state index contributed by atoms with van der Waals surface area (Å²) in [7, 11) is 0. The summed E-state index contributed by atoms with van der Waals surface area (Å²) in [5, 5.41) is 17.6. The van der Waals surface area contributed by atoms with E-state index in [1.807, 2.05) is 4.90 Å². The molecule has 1 unspecified atom stereocenters. The molecule has 0 spiro atoms. The number of nitrogens with zero attached hydrogens (tertiary/aromatic N) is 1. The lowest BCUT2D eigenvalue weighted by Gasteiger charge is -2.21. The molecule has 11 heavy (non-hydrogen) atoms. The van der Waals surface area contributed by atoms with Gasteiger partial charge >= 0.3 is 0 Å². The zero-order chi connectivity index (χ0) is 8.69. The van der Waals surface area contributed by atoms with Crippen LogP contribution in [0.25, 0.3) is 0 Å². The van der Waals surface area contributed by atoms with Crippen molar-refractivity contribution >= 4 is 0 Å². The summed E-state index contributed by atoms with van der Waals surface area (Å²) >= 11 is 0. The molecule has 0 saturated carbocycles. The second-order valence-electron chi connectivity index (χ2n) is 2.66. The van der Waals surface area contributed by atoms with Crippen molar-refractivity contribution in [2.24, 2.45) is 5.73 Å². The Hall–Kier alpha value is -0.160. The third kappa shape index (κ3) is 6.25. The first-order valence-electron chi connectivity index (χ1n) is 3.92. The molecule has 0 fully saturated rings. The largest absolute Gasteiger partial charge is 0.395 e. The first kappa shape index (κ1) is 10.8. The van der Waals surface area contributed by atoms with E-state index in [4.69, 9.17) is 15.9 Å². The van der Waals surface area contributed by atoms with Crippen molar-refractivity contribution in [3.05, 3.63) is 0 Å². The summed E-state index contributed by atoms with van der Waals surface area (Å²) in [6.45, 7) is 4.30. The van der Waals surface area contributed by atoms with Crippen LogP contribution in [-0.2, 0) is 0 Å². The molecular weight excluding hydrogens is 144 g/mol. The Bertz CT molecular complexity index is 82.5. The summed E-state index contributed by atoms with van der Waals surface area (Å²) in [4.78, 5) is 1.94. The van der Waals surface area contributed by atoms with E-state index >= 15 is 0 Å². The minimum atomic E-state index is -0.354. The third-order valence-corrected chi connectivity index (χ3v) is 1.38. The Labute approximate surface area is 67.6 Å². The van der Waals surface area contributed by atoms with Gasteiger partial charge in [0.2, 0.25) is 0 Å². The van der Waals surface area contributed by atoms with Crippen LogP contribution < -0.4 is 5.73 Å². The van der Waals surface area contributed by atoms with E-state index in [1.54, 1.807) is 6.92 Å². The summed E-state index contributed by atoms with van der Waals surface area (Å²) in [6, 6.07) is 0. The van der Waals surface area contributed by atoms with Crippen molar-refractivity contribution in [1.82, 2.24) is 4.90 Å². The molecule has 0 bridgehead atoms. The van der Waals surface area contributed by atoms with E-state index in [-0.39, 0.29) is 12.7 Å². The molecule has 68 valence electrons. The lowest BCUT2D eigenvalue weighted by molar-refractivity contribution is 0.113. The van der Waals surface area contributed by atoms with Crippen LogP contribution in [0.5, 0.6) is 0 Å². The minimum absolute atomic E-state index is 0.118. The number of nitrogens with two attached hydrogens (primary N) is 1. The van der Waals surface area contributed by atoms with Crippen LogP contribution in [0.15, 0.2) is 0 Å². The molecule has 0 rings (SSSR count). The molecule has 4 nitrogen and oxygen atoms in total. The van der Waals surface area contributed by atoms with Crippen molar-refractivity contribution in [2.45, 2.75) is 13.0 Å². The summed E-state index contributed by atoms with van der Waals surface area (Å²) < 4.78 is 0. The van der Waals surface area contributed by atoms with Gasteiger partial charge in [-0.05, 0) is 6.92 Å². The van der Waals surface area contributed by atoms with Gasteiger partial charge in [-0.15, -0.1) is 0 Å². The smallest absolute Gasteiger partial charge is 0.0639 e. The number of aliphatic hydroxyl groups excluding tert-OH is 2. The number of hydrogen-bond acceptors (Lipinski definition) is 4. The van der Waals surface area contributed by atoms with E-state index < -0.39 is 0 Å². The highest BCUT2D eigenvalue weighted by Gasteiger charge is 2.05. The number of aliphatic hydroxyl groups is 2. The van der Waals surface area contributed by atoms with Crippen molar-refractivity contribution in [1.29, 1.82) is 0 Å². The quantitative estimate of drug-likeness (QED) is 0.450. The van der Waals surface area contributed by atoms with E-state index in [2.05, 4.69) is 0 Å². The maximum absolute atomic E-state index is 9.01. The molecule has 4 heteroatoms. The highest BCUT2D eigenvalue weighted by Crippen LogP contribution is 1.89. The molecule has 1 atom stereocenters. The van der Waals surface area contributed by atoms with Crippen LogP contribution in [0.1, 0.15) is 6.92 Å². The summed E-state index contributed by atoms with van der Waals surface area (Å²) in [5.74, 6) is 0. The summed E-state index contributed by atoms with van der Waals surface area (Å²) in [6.07, 6.45) is -0.354. The predicted octanol–water partition coefficient (Wildman–Crippen LogP) is -1.38. The van der Waals surface area contributed by atoms with Crippen molar-refractivity contribution in [3.8, 4) is 0 Å². The first-order valence-corrected chi connectivity index (χ1v) is 3.92. The first-order chi connectivity index (χ1) is 5.20. The zero-order valence-electron chi connectivity index (χ0n) is 7.03. The van der Waals surface area contributed by atoms with Crippen molar-refractivity contribution < 1.29 is 10.2 Å². The fourth-order valence-electron chi connectivity index (χ4n) is 0.992. The standard InChI is InChI=1S/C7H18N2O2/c1-7(11)6-9(3-2-8)4-5-10/h7,10-11H,2-6,8H2,1H3. The second kappa shape index (κ2) is 6.54. The highest BCUT2D eigenvalue weighted by molar-refractivity contribution is 4.60. The molecule has 0 aliphatic heterocycles. The van der Waals surface area contributed by atoms with E-state index in [0.29, 0.717) is 19.6 Å². The number of hydrogen-bond donors (Lipinski definition) is 3. The second-order valence-corrected chi connectivity index (χ2v) is 2.66. The number of rotatable bonds is 6. The molecular formula is C7H18N2O2. The average molecular weight is 162 g/mol. The van der Waals surface area contributed by atoms with Gasteiger partial charge in [0.05, 0.1) is 12.7 Å². The van der Waals surface area contributed by atoms with Crippen LogP contribution >= 0.6 is 0 Å². The topological polar surface area (TPSA) is 69.7 Å². The van der Waals surface area contributed by atoms with Gasteiger partial charge in [0, 0.05) is 26.2 Å². The predicted molar refractivity (Wildman–Crippen MR) is 44.3 cm³/mol. The Morgan fingerprint density at radius 1 is 1.45 bits per heavy atom. The maximum Gasteiger partial charge on any atom is 0.0639 e. The lowest BCUT2D eigenvalue weighted by atomic mass is 10.3. The van der Waals surface area contributed by atoms with Gasteiger partial charge < -0.3 is 15.9 Å². The van der Waals surface area contributed by atoms with Crippen LogP contribution in [0.4, 0.5) is 0 Å². The molecule has 0 radical (unpaired) electrons. The lowest BCUT2D eigenvalue weighted by Crippen LogP contribution is -2.36. The average Bonchev–Trinajstić information content (AvgIpc) is 1.87. The van der Waals surface area contributed by atoms with Crippen LogP contribution in [-0.4, -0.2) is 54.0 Å².